The van der Waals surface area contributed by atoms with Crippen LogP contribution in [0.25, 0.3) is 0 Å². The fourth-order valence-electron chi connectivity index (χ4n) is 1.50. The van der Waals surface area contributed by atoms with Gasteiger partial charge in [-0.1, -0.05) is 0 Å². The average Bonchev–Trinajstić information content (AvgIpc) is 2.32. The molecule has 0 amide bonds. The van der Waals surface area contributed by atoms with Crippen molar-refractivity contribution in [1.82, 2.24) is 9.88 Å². The van der Waals surface area contributed by atoms with Gasteiger partial charge in [0, 0.05) is 50.0 Å². The fraction of sp³-hybridized carbons (Fsp3) is 0.500. The van der Waals surface area contributed by atoms with Crippen molar-refractivity contribution in [1.29, 1.82) is 5.26 Å². The molecule has 1 aromatic heterocycles. The molecule has 0 N–H and O–H groups in total. The van der Waals surface area contributed by atoms with E-state index in [1.807, 2.05) is 12.3 Å². The molecule has 0 aliphatic heterocycles. The van der Waals surface area contributed by atoms with Crippen LogP contribution >= 0.6 is 15.9 Å². The first kappa shape index (κ1) is 14.1. The van der Waals surface area contributed by atoms with E-state index in [1.165, 1.54) is 0 Å². The maximum Gasteiger partial charge on any atom is 0.0635 e. The lowest BCUT2D eigenvalue weighted by Crippen LogP contribution is -2.28. The summed E-state index contributed by atoms with van der Waals surface area (Å²) in [6, 6.07) is 4.21. The molecular weight excluding hydrogens is 282 g/mol. The quantitative estimate of drug-likeness (QED) is 0.774. The SMILES string of the molecule is COCCN(CCC#N)Cc1cncc(Br)c1. The number of rotatable bonds is 7. The predicted octanol–water partition coefficient (Wildman–Crippen LogP) is 2.21. The standard InChI is InChI=1S/C12H16BrN3O/c1-17-6-5-16(4-2-3-14)10-11-7-12(13)9-15-8-11/h7-9H,2,4-6,10H2,1H3. The highest BCUT2D eigenvalue weighted by Crippen LogP contribution is 2.11. The second kappa shape index (κ2) is 8.18. The van der Waals surface area contributed by atoms with Crippen molar-refractivity contribution in [2.24, 2.45) is 0 Å². The van der Waals surface area contributed by atoms with E-state index in [4.69, 9.17) is 10.00 Å². The third-order valence-electron chi connectivity index (χ3n) is 2.32. The van der Waals surface area contributed by atoms with Crippen LogP contribution in [0, 0.1) is 11.3 Å². The molecule has 1 rings (SSSR count). The molecule has 92 valence electrons. The zero-order valence-corrected chi connectivity index (χ0v) is 11.5. The van der Waals surface area contributed by atoms with Crippen LogP contribution < -0.4 is 0 Å². The van der Waals surface area contributed by atoms with Gasteiger partial charge in [0.2, 0.25) is 0 Å². The number of methoxy groups -OCH3 is 1. The third-order valence-corrected chi connectivity index (χ3v) is 2.75. The van der Waals surface area contributed by atoms with Crippen LogP contribution in [0.15, 0.2) is 22.9 Å². The van der Waals surface area contributed by atoms with Gasteiger partial charge in [0.1, 0.15) is 0 Å². The molecule has 0 spiro atoms. The van der Waals surface area contributed by atoms with Crippen molar-refractivity contribution < 1.29 is 4.74 Å². The molecule has 17 heavy (non-hydrogen) atoms. The number of nitriles is 1. The number of aromatic nitrogens is 1. The lowest BCUT2D eigenvalue weighted by atomic mass is 10.2. The van der Waals surface area contributed by atoms with Crippen molar-refractivity contribution in [3.05, 3.63) is 28.5 Å². The monoisotopic (exact) mass is 297 g/mol. The summed E-state index contributed by atoms with van der Waals surface area (Å²) in [5, 5.41) is 8.62. The smallest absolute Gasteiger partial charge is 0.0635 e. The van der Waals surface area contributed by atoms with Gasteiger partial charge in [-0.25, -0.2) is 0 Å². The molecule has 0 saturated carbocycles. The Kier molecular flexibility index (Phi) is 6.78. The van der Waals surface area contributed by atoms with Crippen LogP contribution in [-0.2, 0) is 11.3 Å². The molecule has 0 saturated heterocycles. The van der Waals surface area contributed by atoms with E-state index in [-0.39, 0.29) is 0 Å². The van der Waals surface area contributed by atoms with Crippen LogP contribution in [0.2, 0.25) is 0 Å². The first-order valence-electron chi connectivity index (χ1n) is 5.44. The van der Waals surface area contributed by atoms with Crippen LogP contribution in [0.5, 0.6) is 0 Å². The van der Waals surface area contributed by atoms with Gasteiger partial charge in [-0.2, -0.15) is 5.26 Å². The normalized spacial score (nSPS) is 10.5. The van der Waals surface area contributed by atoms with E-state index in [2.05, 4.69) is 31.9 Å². The second-order valence-electron chi connectivity index (χ2n) is 3.69. The highest BCUT2D eigenvalue weighted by Gasteiger charge is 2.06. The van der Waals surface area contributed by atoms with Gasteiger partial charge in [-0.05, 0) is 27.6 Å². The van der Waals surface area contributed by atoms with Crippen LogP contribution in [0.3, 0.4) is 0 Å². The highest BCUT2D eigenvalue weighted by molar-refractivity contribution is 9.10. The minimum absolute atomic E-state index is 0.533. The van der Waals surface area contributed by atoms with Crippen molar-refractivity contribution >= 4 is 15.9 Å². The Labute approximate surface area is 110 Å². The summed E-state index contributed by atoms with van der Waals surface area (Å²) in [5.74, 6) is 0. The zero-order chi connectivity index (χ0) is 12.5. The molecule has 1 aromatic rings. The number of hydrogen-bond acceptors (Lipinski definition) is 4. The van der Waals surface area contributed by atoms with E-state index in [1.54, 1.807) is 13.3 Å². The Bertz CT molecular complexity index is 378. The van der Waals surface area contributed by atoms with Crippen molar-refractivity contribution in [2.45, 2.75) is 13.0 Å². The minimum atomic E-state index is 0.533. The van der Waals surface area contributed by atoms with Crippen molar-refractivity contribution in [2.75, 3.05) is 26.8 Å². The summed E-state index contributed by atoms with van der Waals surface area (Å²) in [6.07, 6.45) is 4.14. The first-order chi connectivity index (χ1) is 8.26. The van der Waals surface area contributed by atoms with E-state index in [9.17, 15) is 0 Å². The van der Waals surface area contributed by atoms with Crippen LogP contribution in [0.1, 0.15) is 12.0 Å². The van der Waals surface area contributed by atoms with Gasteiger partial charge in [-0.3, -0.25) is 9.88 Å². The second-order valence-corrected chi connectivity index (χ2v) is 4.60. The molecule has 0 bridgehead atoms. The van der Waals surface area contributed by atoms with E-state index < -0.39 is 0 Å². The minimum Gasteiger partial charge on any atom is -0.383 e. The molecule has 0 atom stereocenters. The lowest BCUT2D eigenvalue weighted by molar-refractivity contribution is 0.145. The molecule has 5 heteroatoms. The maximum atomic E-state index is 8.62. The molecule has 0 aliphatic carbocycles. The fourth-order valence-corrected chi connectivity index (χ4v) is 1.91. The molecule has 1 heterocycles. The van der Waals surface area contributed by atoms with Crippen LogP contribution in [0.4, 0.5) is 0 Å². The van der Waals surface area contributed by atoms with E-state index in [0.717, 1.165) is 29.7 Å². The van der Waals surface area contributed by atoms with E-state index in [0.29, 0.717) is 13.0 Å². The van der Waals surface area contributed by atoms with Crippen LogP contribution in [-0.4, -0.2) is 36.7 Å². The zero-order valence-electron chi connectivity index (χ0n) is 9.90. The number of nitrogens with zero attached hydrogens (tertiary/aromatic N) is 3. The molecular formula is C12H16BrN3O. The molecule has 0 aromatic carbocycles. The summed E-state index contributed by atoms with van der Waals surface area (Å²) in [6.45, 7) is 3.04. The maximum absolute atomic E-state index is 8.62. The van der Waals surface area contributed by atoms with E-state index >= 15 is 0 Å². The summed E-state index contributed by atoms with van der Waals surface area (Å²) >= 11 is 3.40. The summed E-state index contributed by atoms with van der Waals surface area (Å²) < 4.78 is 6.04. The van der Waals surface area contributed by atoms with Gasteiger partial charge >= 0.3 is 0 Å². The Morgan fingerprint density at radius 2 is 2.29 bits per heavy atom. The number of halogens is 1. The Morgan fingerprint density at radius 3 is 2.94 bits per heavy atom. The molecule has 4 nitrogen and oxygen atoms in total. The molecule has 0 unspecified atom stereocenters. The molecule has 0 aliphatic rings. The largest absolute Gasteiger partial charge is 0.383 e. The number of hydrogen-bond donors (Lipinski definition) is 0. The topological polar surface area (TPSA) is 49.1 Å². The molecule has 0 radical (unpaired) electrons. The van der Waals surface area contributed by atoms with Gasteiger partial charge in [-0.15, -0.1) is 0 Å². The summed E-state index contributed by atoms with van der Waals surface area (Å²) in [5.41, 5.74) is 1.13. The highest BCUT2D eigenvalue weighted by atomic mass is 79.9. The predicted molar refractivity (Wildman–Crippen MR) is 69.3 cm³/mol. The molecule has 0 fully saturated rings. The Morgan fingerprint density at radius 1 is 1.47 bits per heavy atom. The number of ether oxygens (including phenoxy) is 1. The van der Waals surface area contributed by atoms with Crippen molar-refractivity contribution in [3.8, 4) is 6.07 Å². The summed E-state index contributed by atoms with van der Waals surface area (Å²) in [7, 11) is 1.68. The van der Waals surface area contributed by atoms with Gasteiger partial charge in [0.25, 0.3) is 0 Å². The summed E-state index contributed by atoms with van der Waals surface area (Å²) in [4.78, 5) is 6.32. The Balaban J connectivity index is 2.55. The van der Waals surface area contributed by atoms with Gasteiger partial charge in [0.05, 0.1) is 12.7 Å². The van der Waals surface area contributed by atoms with Gasteiger partial charge in [0.15, 0.2) is 0 Å². The average molecular weight is 298 g/mol. The van der Waals surface area contributed by atoms with Crippen molar-refractivity contribution in [3.63, 3.8) is 0 Å². The lowest BCUT2D eigenvalue weighted by Gasteiger charge is -2.20. The third kappa shape index (κ3) is 5.78. The first-order valence-corrected chi connectivity index (χ1v) is 6.23. The van der Waals surface area contributed by atoms with Gasteiger partial charge < -0.3 is 4.74 Å². The Hall–Kier alpha value is -0.960. The number of pyridine rings is 1.